The van der Waals surface area contributed by atoms with Crippen molar-refractivity contribution in [3.8, 4) is 0 Å². The number of carbonyl (C=O) groups excluding carboxylic acids is 1. The molecule has 128 valence electrons. The van der Waals surface area contributed by atoms with Crippen LogP contribution in [0.4, 0.5) is 5.69 Å². The Hall–Kier alpha value is -2.89. The summed E-state index contributed by atoms with van der Waals surface area (Å²) >= 11 is 0. The van der Waals surface area contributed by atoms with E-state index in [4.69, 9.17) is 4.74 Å². The lowest BCUT2D eigenvalue weighted by atomic mass is 10.1. The monoisotopic (exact) mass is 336 g/mol. The Morgan fingerprint density at radius 3 is 2.88 bits per heavy atom. The normalized spacial score (nSPS) is 17.2. The summed E-state index contributed by atoms with van der Waals surface area (Å²) < 4.78 is 7.34. The summed E-state index contributed by atoms with van der Waals surface area (Å²) in [6.45, 7) is 4.21. The van der Waals surface area contributed by atoms with E-state index < -0.39 is 0 Å². The zero-order valence-electron chi connectivity index (χ0n) is 14.1. The molecule has 0 radical (unpaired) electrons. The molecule has 0 aliphatic carbocycles. The van der Waals surface area contributed by atoms with Crippen molar-refractivity contribution < 1.29 is 9.53 Å². The summed E-state index contributed by atoms with van der Waals surface area (Å²) in [6.07, 6.45) is 2.77. The van der Waals surface area contributed by atoms with Crippen molar-refractivity contribution in [1.29, 1.82) is 0 Å². The molecule has 1 atom stereocenters. The Labute approximate surface area is 146 Å². The minimum absolute atomic E-state index is 0.298. The third-order valence-corrected chi connectivity index (χ3v) is 4.67. The second-order valence-electron chi connectivity index (χ2n) is 6.43. The van der Waals surface area contributed by atoms with Crippen LogP contribution >= 0.6 is 0 Å². The van der Waals surface area contributed by atoms with Gasteiger partial charge in [-0.3, -0.25) is 4.40 Å². The van der Waals surface area contributed by atoms with Gasteiger partial charge in [-0.05, 0) is 37.6 Å². The van der Waals surface area contributed by atoms with Gasteiger partial charge in [-0.1, -0.05) is 18.2 Å². The number of nitrogens with zero attached hydrogens (tertiary/aromatic N) is 4. The molecule has 1 aliphatic heterocycles. The third-order valence-electron chi connectivity index (χ3n) is 4.67. The van der Waals surface area contributed by atoms with E-state index in [1.54, 1.807) is 22.7 Å². The zero-order valence-corrected chi connectivity index (χ0v) is 14.1. The first-order chi connectivity index (χ1) is 12.2. The number of para-hydroxylation sites is 1. The van der Waals surface area contributed by atoms with Gasteiger partial charge in [0.15, 0.2) is 5.65 Å². The van der Waals surface area contributed by atoms with Crippen LogP contribution in [0.1, 0.15) is 22.6 Å². The van der Waals surface area contributed by atoms with Crippen LogP contribution in [-0.2, 0) is 4.74 Å². The lowest BCUT2D eigenvalue weighted by Gasteiger charge is -2.18. The smallest absolute Gasteiger partial charge is 0.339 e. The van der Waals surface area contributed by atoms with E-state index in [2.05, 4.69) is 27.2 Å². The fourth-order valence-corrected chi connectivity index (χ4v) is 3.24. The van der Waals surface area contributed by atoms with Gasteiger partial charge < -0.3 is 9.64 Å². The number of esters is 1. The van der Waals surface area contributed by atoms with E-state index in [1.807, 2.05) is 25.1 Å². The third kappa shape index (κ3) is 3.20. The average Bonchev–Trinajstić information content (AvgIpc) is 3.27. The molecular formula is C19H20N4O2. The number of ether oxygens (including phenoxy) is 1. The Morgan fingerprint density at radius 2 is 2.04 bits per heavy atom. The molecule has 3 aromatic rings. The van der Waals surface area contributed by atoms with Crippen molar-refractivity contribution >= 4 is 17.3 Å². The molecule has 0 spiro atoms. The van der Waals surface area contributed by atoms with Gasteiger partial charge in [0.1, 0.15) is 5.82 Å². The molecule has 25 heavy (non-hydrogen) atoms. The van der Waals surface area contributed by atoms with Crippen LogP contribution in [-0.4, -0.2) is 40.3 Å². The summed E-state index contributed by atoms with van der Waals surface area (Å²) in [4.78, 5) is 14.7. The predicted octanol–water partition coefficient (Wildman–Crippen LogP) is 2.72. The van der Waals surface area contributed by atoms with Gasteiger partial charge >= 0.3 is 5.97 Å². The van der Waals surface area contributed by atoms with Crippen molar-refractivity contribution in [2.45, 2.75) is 13.3 Å². The molecule has 1 aromatic carbocycles. The highest BCUT2D eigenvalue weighted by molar-refractivity contribution is 5.89. The number of benzene rings is 1. The van der Waals surface area contributed by atoms with Crippen molar-refractivity contribution in [3.05, 3.63) is 60.0 Å². The maximum atomic E-state index is 12.3. The van der Waals surface area contributed by atoms with Crippen molar-refractivity contribution in [1.82, 2.24) is 14.6 Å². The maximum absolute atomic E-state index is 12.3. The van der Waals surface area contributed by atoms with Crippen LogP contribution in [0.2, 0.25) is 0 Å². The van der Waals surface area contributed by atoms with Gasteiger partial charge in [0.05, 0.1) is 12.2 Å². The topological polar surface area (TPSA) is 59.7 Å². The Morgan fingerprint density at radius 1 is 1.20 bits per heavy atom. The predicted molar refractivity (Wildman–Crippen MR) is 94.8 cm³/mol. The number of aromatic nitrogens is 3. The molecule has 0 amide bonds. The lowest BCUT2D eigenvalue weighted by molar-refractivity contribution is 0.0450. The number of fused-ring (bicyclic) bond motifs is 1. The first-order valence-electron chi connectivity index (χ1n) is 8.49. The van der Waals surface area contributed by atoms with Crippen LogP contribution in [0, 0.1) is 12.8 Å². The Bertz CT molecular complexity index is 891. The van der Waals surface area contributed by atoms with Crippen molar-refractivity contribution in [3.63, 3.8) is 0 Å². The average molecular weight is 336 g/mol. The highest BCUT2D eigenvalue weighted by Gasteiger charge is 2.24. The standard InChI is InChI=1S/C19H20N4O2/c1-14-20-21-18-8-7-16(12-23(14)18)19(24)25-13-15-9-10-22(11-15)17-5-3-2-4-6-17/h2-8,12,15H,9-11,13H2,1H3. The van der Waals surface area contributed by atoms with Crippen LogP contribution < -0.4 is 4.90 Å². The fraction of sp³-hybridized carbons (Fsp3) is 0.316. The molecule has 1 saturated heterocycles. The minimum Gasteiger partial charge on any atom is -0.462 e. The summed E-state index contributed by atoms with van der Waals surface area (Å²) in [5.74, 6) is 0.816. The summed E-state index contributed by atoms with van der Waals surface area (Å²) in [7, 11) is 0. The number of pyridine rings is 1. The summed E-state index contributed by atoms with van der Waals surface area (Å²) in [5.41, 5.74) is 2.47. The first-order valence-corrected chi connectivity index (χ1v) is 8.49. The molecule has 3 heterocycles. The summed E-state index contributed by atoms with van der Waals surface area (Å²) in [6, 6.07) is 13.9. The molecule has 0 N–H and O–H groups in total. The maximum Gasteiger partial charge on any atom is 0.339 e. The zero-order chi connectivity index (χ0) is 17.2. The van der Waals surface area contributed by atoms with Crippen LogP contribution in [0.5, 0.6) is 0 Å². The molecule has 6 nitrogen and oxygen atoms in total. The summed E-state index contributed by atoms with van der Waals surface area (Å²) in [5, 5.41) is 8.02. The van der Waals surface area contributed by atoms with Gasteiger partial charge in [-0.15, -0.1) is 10.2 Å². The quantitative estimate of drug-likeness (QED) is 0.686. The highest BCUT2D eigenvalue weighted by atomic mass is 16.5. The van der Waals surface area contributed by atoms with Crippen LogP contribution in [0.15, 0.2) is 48.7 Å². The van der Waals surface area contributed by atoms with Crippen LogP contribution in [0.3, 0.4) is 0 Å². The molecule has 0 saturated carbocycles. The van der Waals surface area contributed by atoms with E-state index in [0.717, 1.165) is 31.0 Å². The number of rotatable bonds is 4. The number of hydrogen-bond acceptors (Lipinski definition) is 5. The molecular weight excluding hydrogens is 316 g/mol. The van der Waals surface area contributed by atoms with Crippen molar-refractivity contribution in [2.75, 3.05) is 24.6 Å². The number of hydrogen-bond donors (Lipinski definition) is 0. The van der Waals surface area contributed by atoms with Gasteiger partial charge in [0, 0.05) is 30.9 Å². The van der Waals surface area contributed by atoms with E-state index in [0.29, 0.717) is 18.1 Å². The Balaban J connectivity index is 1.36. The Kier molecular flexibility index (Phi) is 4.09. The molecule has 4 rings (SSSR count). The lowest BCUT2D eigenvalue weighted by Crippen LogP contribution is -2.22. The van der Waals surface area contributed by atoms with Gasteiger partial charge in [0.2, 0.25) is 0 Å². The van der Waals surface area contributed by atoms with E-state index in [-0.39, 0.29) is 5.97 Å². The molecule has 1 aliphatic rings. The van der Waals surface area contributed by atoms with E-state index in [9.17, 15) is 4.79 Å². The molecule has 1 fully saturated rings. The number of anilines is 1. The largest absolute Gasteiger partial charge is 0.462 e. The van der Waals surface area contributed by atoms with Gasteiger partial charge in [-0.2, -0.15) is 0 Å². The fourth-order valence-electron chi connectivity index (χ4n) is 3.24. The van der Waals surface area contributed by atoms with E-state index in [1.165, 1.54) is 5.69 Å². The second-order valence-corrected chi connectivity index (χ2v) is 6.43. The second kappa shape index (κ2) is 6.55. The first kappa shape index (κ1) is 15.6. The highest BCUT2D eigenvalue weighted by Crippen LogP contribution is 2.23. The van der Waals surface area contributed by atoms with Crippen LogP contribution in [0.25, 0.3) is 5.65 Å². The molecule has 1 unspecified atom stereocenters. The SMILES string of the molecule is Cc1nnc2ccc(C(=O)OCC3CCN(c4ccccc4)C3)cn12. The number of carbonyl (C=O) groups is 1. The van der Waals surface area contributed by atoms with E-state index >= 15 is 0 Å². The molecule has 2 aromatic heterocycles. The van der Waals surface area contributed by atoms with Crippen molar-refractivity contribution in [2.24, 2.45) is 5.92 Å². The minimum atomic E-state index is -0.298. The molecule has 0 bridgehead atoms. The number of aryl methyl sites for hydroxylation is 1. The van der Waals surface area contributed by atoms with Gasteiger partial charge in [-0.25, -0.2) is 4.79 Å². The molecule has 6 heteroatoms. The van der Waals surface area contributed by atoms with Gasteiger partial charge in [0.25, 0.3) is 0 Å².